The summed E-state index contributed by atoms with van der Waals surface area (Å²) >= 11 is 0. The van der Waals surface area contributed by atoms with Gasteiger partial charge in [-0.05, 0) is 37.8 Å². The van der Waals surface area contributed by atoms with Gasteiger partial charge in [-0.2, -0.15) is 0 Å². The second-order valence-corrected chi connectivity index (χ2v) is 8.13. The van der Waals surface area contributed by atoms with Crippen LogP contribution in [-0.2, 0) is 4.74 Å². The highest BCUT2D eigenvalue weighted by molar-refractivity contribution is 5.92. The standard InChI is InChI=1S/C23H26N6O3/c30-23(19-5-6-24-15-27-19)28-16-1-3-18(4-2-16)32-21-14-17(29-9-11-31-12-10-29)13-20-22(21)26-8-7-25-20/h5-8,13-16,18H,1-4,9-12H2,(H,28,30). The Kier molecular flexibility index (Phi) is 6.06. The summed E-state index contributed by atoms with van der Waals surface area (Å²) in [5.74, 6) is 0.613. The monoisotopic (exact) mass is 434 g/mol. The van der Waals surface area contributed by atoms with Crippen LogP contribution in [0.25, 0.3) is 11.0 Å². The molecule has 1 N–H and O–H groups in total. The lowest BCUT2D eigenvalue weighted by molar-refractivity contribution is 0.0890. The molecule has 3 heterocycles. The predicted molar refractivity (Wildman–Crippen MR) is 119 cm³/mol. The van der Waals surface area contributed by atoms with Crippen molar-refractivity contribution < 1.29 is 14.3 Å². The molecule has 166 valence electrons. The van der Waals surface area contributed by atoms with E-state index in [-0.39, 0.29) is 18.1 Å². The molecule has 5 rings (SSSR count). The molecule has 0 unspecified atom stereocenters. The molecule has 1 saturated carbocycles. The SMILES string of the molecule is O=C(NC1CCC(Oc2cc(N3CCOCC3)cc3nccnc23)CC1)c1ccncn1. The zero-order valence-electron chi connectivity index (χ0n) is 17.8. The fourth-order valence-corrected chi connectivity index (χ4v) is 4.31. The third-order valence-corrected chi connectivity index (χ3v) is 6.02. The molecule has 9 nitrogen and oxygen atoms in total. The van der Waals surface area contributed by atoms with Gasteiger partial charge in [-0.1, -0.05) is 0 Å². The summed E-state index contributed by atoms with van der Waals surface area (Å²) in [4.78, 5) is 31.6. The Balaban J connectivity index is 1.25. The maximum Gasteiger partial charge on any atom is 0.270 e. The van der Waals surface area contributed by atoms with E-state index in [1.54, 1.807) is 24.7 Å². The lowest BCUT2D eigenvalue weighted by atomic mass is 9.92. The first kappa shape index (κ1) is 20.6. The Bertz CT molecular complexity index is 1070. The molecule has 1 amide bonds. The Labute approximate surface area is 186 Å². The molecular formula is C23H26N6O3. The van der Waals surface area contributed by atoms with E-state index in [9.17, 15) is 4.79 Å². The van der Waals surface area contributed by atoms with Crippen LogP contribution in [0.5, 0.6) is 5.75 Å². The zero-order valence-corrected chi connectivity index (χ0v) is 17.8. The molecule has 9 heteroatoms. The van der Waals surface area contributed by atoms with Crippen LogP contribution in [0, 0.1) is 0 Å². The first-order chi connectivity index (χ1) is 15.8. The summed E-state index contributed by atoms with van der Waals surface area (Å²) in [7, 11) is 0. The van der Waals surface area contributed by atoms with Crippen LogP contribution in [0.2, 0.25) is 0 Å². The van der Waals surface area contributed by atoms with Crippen molar-refractivity contribution in [3.05, 3.63) is 48.8 Å². The van der Waals surface area contributed by atoms with Gasteiger partial charge < -0.3 is 19.7 Å². The van der Waals surface area contributed by atoms with Crippen molar-refractivity contribution in [1.29, 1.82) is 0 Å². The number of carbonyl (C=O) groups excluding carboxylic acids is 1. The largest absolute Gasteiger partial charge is 0.488 e. The third-order valence-electron chi connectivity index (χ3n) is 6.02. The number of nitrogens with one attached hydrogen (secondary N) is 1. The van der Waals surface area contributed by atoms with Gasteiger partial charge in [0.15, 0.2) is 0 Å². The van der Waals surface area contributed by atoms with Gasteiger partial charge in [-0.25, -0.2) is 15.0 Å². The molecule has 1 aliphatic carbocycles. The van der Waals surface area contributed by atoms with Crippen LogP contribution in [0.1, 0.15) is 36.2 Å². The van der Waals surface area contributed by atoms with Gasteiger partial charge in [-0.3, -0.25) is 9.78 Å². The van der Waals surface area contributed by atoms with Crippen molar-refractivity contribution in [3.63, 3.8) is 0 Å². The molecule has 2 aromatic heterocycles. The number of hydrogen-bond acceptors (Lipinski definition) is 8. The molecule has 2 fully saturated rings. The topological polar surface area (TPSA) is 102 Å². The molecule has 1 aromatic carbocycles. The van der Waals surface area contributed by atoms with Crippen LogP contribution < -0.4 is 15.0 Å². The number of morpholine rings is 1. The fourth-order valence-electron chi connectivity index (χ4n) is 4.31. The molecule has 3 aromatic rings. The number of ether oxygens (including phenoxy) is 2. The Morgan fingerprint density at radius 2 is 1.84 bits per heavy atom. The maximum atomic E-state index is 12.4. The zero-order chi connectivity index (χ0) is 21.8. The molecular weight excluding hydrogens is 408 g/mol. The number of hydrogen-bond donors (Lipinski definition) is 1. The summed E-state index contributed by atoms with van der Waals surface area (Å²) in [5.41, 5.74) is 3.09. The van der Waals surface area contributed by atoms with Crippen molar-refractivity contribution in [2.24, 2.45) is 0 Å². The Morgan fingerprint density at radius 1 is 1.03 bits per heavy atom. The van der Waals surface area contributed by atoms with Gasteiger partial charge in [0.1, 0.15) is 23.3 Å². The van der Waals surface area contributed by atoms with Crippen molar-refractivity contribution in [3.8, 4) is 5.75 Å². The summed E-state index contributed by atoms with van der Waals surface area (Å²) in [6.45, 7) is 3.14. The summed E-state index contributed by atoms with van der Waals surface area (Å²) < 4.78 is 11.9. The molecule has 0 atom stereocenters. The van der Waals surface area contributed by atoms with E-state index in [4.69, 9.17) is 9.47 Å². The summed E-state index contributed by atoms with van der Waals surface area (Å²) in [5, 5.41) is 3.08. The lowest BCUT2D eigenvalue weighted by Crippen LogP contribution is -2.40. The van der Waals surface area contributed by atoms with E-state index in [1.807, 2.05) is 0 Å². The Morgan fingerprint density at radius 3 is 2.62 bits per heavy atom. The molecule has 0 spiro atoms. The number of anilines is 1. The molecule has 0 bridgehead atoms. The van der Waals surface area contributed by atoms with Crippen LogP contribution in [-0.4, -0.2) is 64.3 Å². The van der Waals surface area contributed by atoms with Crippen molar-refractivity contribution in [2.45, 2.75) is 37.8 Å². The van der Waals surface area contributed by atoms with E-state index in [2.05, 4.69) is 42.3 Å². The van der Waals surface area contributed by atoms with Gasteiger partial charge in [0.05, 0.1) is 24.8 Å². The lowest BCUT2D eigenvalue weighted by Gasteiger charge is -2.31. The average molecular weight is 435 g/mol. The molecule has 1 aliphatic heterocycles. The highest BCUT2D eigenvalue weighted by Crippen LogP contribution is 2.33. The van der Waals surface area contributed by atoms with Gasteiger partial charge >= 0.3 is 0 Å². The summed E-state index contributed by atoms with van der Waals surface area (Å²) in [6, 6.07) is 5.89. The fraction of sp³-hybridized carbons (Fsp3) is 0.435. The summed E-state index contributed by atoms with van der Waals surface area (Å²) in [6.07, 6.45) is 9.87. The highest BCUT2D eigenvalue weighted by atomic mass is 16.5. The van der Waals surface area contributed by atoms with Crippen LogP contribution in [0.3, 0.4) is 0 Å². The minimum Gasteiger partial charge on any atom is -0.488 e. The number of benzene rings is 1. The average Bonchev–Trinajstić information content (AvgIpc) is 2.86. The van der Waals surface area contributed by atoms with E-state index in [1.165, 1.54) is 6.33 Å². The molecule has 32 heavy (non-hydrogen) atoms. The molecule has 2 aliphatic rings. The van der Waals surface area contributed by atoms with Crippen LogP contribution in [0.15, 0.2) is 43.1 Å². The predicted octanol–water partition coefficient (Wildman–Crippen LogP) is 2.38. The number of nitrogens with zero attached hydrogens (tertiary/aromatic N) is 5. The van der Waals surface area contributed by atoms with Gasteiger partial charge in [0, 0.05) is 49.5 Å². The van der Waals surface area contributed by atoms with E-state index in [0.717, 1.165) is 74.5 Å². The van der Waals surface area contributed by atoms with Crippen molar-refractivity contribution >= 4 is 22.6 Å². The minimum absolute atomic E-state index is 0.0762. The number of fused-ring (bicyclic) bond motifs is 1. The van der Waals surface area contributed by atoms with Crippen molar-refractivity contribution in [2.75, 3.05) is 31.2 Å². The first-order valence-corrected chi connectivity index (χ1v) is 11.1. The van der Waals surface area contributed by atoms with Crippen LogP contribution in [0.4, 0.5) is 5.69 Å². The highest BCUT2D eigenvalue weighted by Gasteiger charge is 2.25. The maximum absolute atomic E-state index is 12.4. The van der Waals surface area contributed by atoms with E-state index in [0.29, 0.717) is 5.69 Å². The molecule has 1 saturated heterocycles. The van der Waals surface area contributed by atoms with Gasteiger partial charge in [0.25, 0.3) is 5.91 Å². The Hall–Kier alpha value is -3.33. The van der Waals surface area contributed by atoms with Crippen molar-refractivity contribution in [1.82, 2.24) is 25.3 Å². The van der Waals surface area contributed by atoms with Crippen LogP contribution >= 0.6 is 0 Å². The quantitative estimate of drug-likeness (QED) is 0.653. The third kappa shape index (κ3) is 4.62. The number of carbonyl (C=O) groups is 1. The number of amides is 1. The second kappa shape index (κ2) is 9.44. The number of aromatic nitrogens is 4. The van der Waals surface area contributed by atoms with Gasteiger partial charge in [0.2, 0.25) is 0 Å². The normalized spacial score (nSPS) is 21.3. The van der Waals surface area contributed by atoms with Gasteiger partial charge in [-0.15, -0.1) is 0 Å². The second-order valence-electron chi connectivity index (χ2n) is 8.13. The van der Waals surface area contributed by atoms with E-state index < -0.39 is 0 Å². The molecule has 0 radical (unpaired) electrons. The minimum atomic E-state index is -0.156. The first-order valence-electron chi connectivity index (χ1n) is 11.1. The smallest absolute Gasteiger partial charge is 0.270 e. The van der Waals surface area contributed by atoms with E-state index >= 15 is 0 Å². The number of rotatable bonds is 5.